The van der Waals surface area contributed by atoms with Gasteiger partial charge in [-0.25, -0.2) is 14.1 Å². The van der Waals surface area contributed by atoms with Crippen molar-refractivity contribution in [3.05, 3.63) is 47.5 Å². The lowest BCUT2D eigenvalue weighted by molar-refractivity contribution is 0.101. The van der Waals surface area contributed by atoms with Gasteiger partial charge in [0.1, 0.15) is 5.82 Å². The molecule has 106 valence electrons. The molecule has 0 aliphatic heterocycles. The Labute approximate surface area is 120 Å². The second kappa shape index (κ2) is 4.66. The number of rotatable bonds is 2. The predicted molar refractivity (Wildman–Crippen MR) is 78.0 cm³/mol. The minimum absolute atomic E-state index is 0.141. The van der Waals surface area contributed by atoms with Crippen molar-refractivity contribution < 1.29 is 9.18 Å². The number of Topliss-reactive ketones (excluding diaryl/α,β-unsaturated/α-hetero) is 1. The van der Waals surface area contributed by atoms with Crippen LogP contribution in [0, 0.1) is 12.7 Å². The molecule has 0 bridgehead atoms. The normalized spacial score (nSPS) is 11.0. The van der Waals surface area contributed by atoms with E-state index >= 15 is 0 Å². The van der Waals surface area contributed by atoms with Gasteiger partial charge in [0.25, 0.3) is 0 Å². The summed E-state index contributed by atoms with van der Waals surface area (Å²) in [6.45, 7) is 3.17. The number of nitrogens with zero attached hydrogens (tertiary/aromatic N) is 3. The predicted octanol–water partition coefficient (Wildman–Crippen LogP) is 2.65. The molecule has 5 nitrogen and oxygen atoms in total. The highest BCUT2D eigenvalue weighted by Gasteiger charge is 2.17. The highest BCUT2D eigenvalue weighted by Crippen LogP contribution is 2.27. The first-order chi connectivity index (χ1) is 9.99. The van der Waals surface area contributed by atoms with E-state index < -0.39 is 0 Å². The number of fused-ring (bicyclic) bond motifs is 1. The molecule has 21 heavy (non-hydrogen) atoms. The lowest BCUT2D eigenvalue weighted by Crippen LogP contribution is -2.07. The number of anilines is 1. The van der Waals surface area contributed by atoms with Gasteiger partial charge in [0.05, 0.1) is 34.2 Å². The Morgan fingerprint density at radius 3 is 2.81 bits per heavy atom. The van der Waals surface area contributed by atoms with E-state index in [-0.39, 0.29) is 11.6 Å². The average molecular weight is 284 g/mol. The Balaban J connectivity index is 2.31. The fourth-order valence-corrected chi connectivity index (χ4v) is 2.43. The van der Waals surface area contributed by atoms with Crippen molar-refractivity contribution in [2.75, 3.05) is 5.73 Å². The van der Waals surface area contributed by atoms with Crippen LogP contribution in [0.4, 0.5) is 10.1 Å². The average Bonchev–Trinajstić information content (AvgIpc) is 2.82. The molecule has 0 radical (unpaired) electrons. The summed E-state index contributed by atoms with van der Waals surface area (Å²) in [4.78, 5) is 16.1. The first-order valence-electron chi connectivity index (χ1n) is 6.39. The number of carbonyl (C=O) groups excluding carboxylic acids is 1. The standard InChI is InChI=1S/C15H13FN4O/c1-8-13(9(2)21)14(17)12-7-18-20(15(12)19-8)11-5-3-4-10(16)6-11/h3-7H,1-2H3,(H2,17,19). The van der Waals surface area contributed by atoms with Gasteiger partial charge in [-0.1, -0.05) is 6.07 Å². The molecule has 0 fully saturated rings. The molecule has 0 aliphatic carbocycles. The van der Waals surface area contributed by atoms with Gasteiger partial charge < -0.3 is 5.73 Å². The Morgan fingerprint density at radius 2 is 2.14 bits per heavy atom. The van der Waals surface area contributed by atoms with Crippen molar-refractivity contribution in [1.82, 2.24) is 14.8 Å². The summed E-state index contributed by atoms with van der Waals surface area (Å²) in [5.41, 5.74) is 8.39. The lowest BCUT2D eigenvalue weighted by Gasteiger charge is -2.08. The maximum atomic E-state index is 13.4. The summed E-state index contributed by atoms with van der Waals surface area (Å²) in [5, 5.41) is 4.78. The number of ketones is 1. The first-order valence-corrected chi connectivity index (χ1v) is 6.39. The van der Waals surface area contributed by atoms with Gasteiger partial charge >= 0.3 is 0 Å². The Hall–Kier alpha value is -2.76. The number of aromatic nitrogens is 3. The van der Waals surface area contributed by atoms with Gasteiger partial charge in [0.2, 0.25) is 0 Å². The van der Waals surface area contributed by atoms with Gasteiger partial charge in [-0.3, -0.25) is 4.79 Å². The lowest BCUT2D eigenvalue weighted by atomic mass is 10.1. The van der Waals surface area contributed by atoms with Gasteiger partial charge in [0, 0.05) is 0 Å². The number of carbonyl (C=O) groups is 1. The summed E-state index contributed by atoms with van der Waals surface area (Å²) >= 11 is 0. The summed E-state index contributed by atoms with van der Waals surface area (Å²) in [5.74, 6) is -0.501. The van der Waals surface area contributed by atoms with Crippen LogP contribution < -0.4 is 5.73 Å². The van der Waals surface area contributed by atoms with Crippen molar-refractivity contribution in [1.29, 1.82) is 0 Å². The Bertz CT molecular complexity index is 869. The SMILES string of the molecule is CC(=O)c1c(C)nc2c(cnn2-c2cccc(F)c2)c1N. The zero-order valence-electron chi connectivity index (χ0n) is 11.6. The third kappa shape index (κ3) is 2.05. The van der Waals surface area contributed by atoms with E-state index in [4.69, 9.17) is 5.73 Å². The first kappa shape index (κ1) is 13.2. The number of hydrogen-bond donors (Lipinski definition) is 1. The monoisotopic (exact) mass is 284 g/mol. The topological polar surface area (TPSA) is 73.8 Å². The van der Waals surface area contributed by atoms with Gasteiger partial charge in [-0.05, 0) is 32.0 Å². The van der Waals surface area contributed by atoms with E-state index in [1.165, 1.54) is 29.9 Å². The second-order valence-corrected chi connectivity index (χ2v) is 4.82. The molecule has 3 aromatic rings. The number of nitrogens with two attached hydrogens (primary N) is 1. The molecule has 0 unspecified atom stereocenters. The molecule has 0 saturated heterocycles. The van der Waals surface area contributed by atoms with Crippen LogP contribution in [0.3, 0.4) is 0 Å². The number of nitrogen functional groups attached to an aromatic ring is 1. The smallest absolute Gasteiger partial charge is 0.165 e. The van der Waals surface area contributed by atoms with Crippen LogP contribution in [0.1, 0.15) is 23.0 Å². The molecule has 2 N–H and O–H groups in total. The Morgan fingerprint density at radius 1 is 1.38 bits per heavy atom. The fraction of sp³-hybridized carbons (Fsp3) is 0.133. The van der Waals surface area contributed by atoms with E-state index in [0.717, 1.165) is 0 Å². The molecule has 0 spiro atoms. The summed E-state index contributed by atoms with van der Waals surface area (Å²) in [6.07, 6.45) is 1.54. The van der Waals surface area contributed by atoms with Crippen molar-refractivity contribution in [3.8, 4) is 5.69 Å². The van der Waals surface area contributed by atoms with Crippen molar-refractivity contribution >= 4 is 22.5 Å². The largest absolute Gasteiger partial charge is 0.397 e. The van der Waals surface area contributed by atoms with E-state index in [9.17, 15) is 9.18 Å². The van der Waals surface area contributed by atoms with E-state index in [1.54, 1.807) is 19.1 Å². The van der Waals surface area contributed by atoms with Gasteiger partial charge in [-0.15, -0.1) is 0 Å². The van der Waals surface area contributed by atoms with Crippen molar-refractivity contribution in [2.45, 2.75) is 13.8 Å². The molecule has 3 rings (SSSR count). The number of pyridine rings is 1. The molecular weight excluding hydrogens is 271 g/mol. The molecule has 6 heteroatoms. The second-order valence-electron chi connectivity index (χ2n) is 4.82. The van der Waals surface area contributed by atoms with Crippen molar-refractivity contribution in [2.24, 2.45) is 0 Å². The van der Waals surface area contributed by atoms with Gasteiger partial charge in [0.15, 0.2) is 11.4 Å². The van der Waals surface area contributed by atoms with Crippen LogP contribution in [0.5, 0.6) is 0 Å². The zero-order chi connectivity index (χ0) is 15.1. The molecular formula is C15H13FN4O. The van der Waals surface area contributed by atoms with Crippen LogP contribution >= 0.6 is 0 Å². The number of halogens is 1. The zero-order valence-corrected chi connectivity index (χ0v) is 11.6. The fourth-order valence-electron chi connectivity index (χ4n) is 2.43. The minimum Gasteiger partial charge on any atom is -0.397 e. The molecule has 1 aromatic carbocycles. The molecule has 0 amide bonds. The molecule has 2 aromatic heterocycles. The van der Waals surface area contributed by atoms with E-state index in [2.05, 4.69) is 10.1 Å². The summed E-state index contributed by atoms with van der Waals surface area (Å²) < 4.78 is 14.9. The highest BCUT2D eigenvalue weighted by molar-refractivity contribution is 6.06. The summed E-state index contributed by atoms with van der Waals surface area (Å²) in [6, 6.07) is 6.04. The van der Waals surface area contributed by atoms with Crippen LogP contribution in [0.25, 0.3) is 16.7 Å². The van der Waals surface area contributed by atoms with Crippen molar-refractivity contribution in [3.63, 3.8) is 0 Å². The van der Waals surface area contributed by atoms with E-state index in [1.807, 2.05) is 0 Å². The summed E-state index contributed by atoms with van der Waals surface area (Å²) in [7, 11) is 0. The van der Waals surface area contributed by atoms with Crippen LogP contribution in [-0.2, 0) is 0 Å². The third-order valence-electron chi connectivity index (χ3n) is 3.34. The number of benzene rings is 1. The van der Waals surface area contributed by atoms with Gasteiger partial charge in [-0.2, -0.15) is 5.10 Å². The number of hydrogen-bond acceptors (Lipinski definition) is 4. The van der Waals surface area contributed by atoms with Crippen LogP contribution in [0.15, 0.2) is 30.5 Å². The quantitative estimate of drug-likeness (QED) is 0.734. The Kier molecular flexibility index (Phi) is 2.94. The third-order valence-corrected chi connectivity index (χ3v) is 3.34. The molecule has 0 aliphatic rings. The molecule has 2 heterocycles. The minimum atomic E-state index is -0.360. The maximum Gasteiger partial charge on any atom is 0.165 e. The van der Waals surface area contributed by atoms with E-state index in [0.29, 0.717) is 33.7 Å². The highest BCUT2D eigenvalue weighted by atomic mass is 19.1. The number of aryl methyl sites for hydroxylation is 1. The van der Waals surface area contributed by atoms with Crippen LogP contribution in [-0.4, -0.2) is 20.5 Å². The van der Waals surface area contributed by atoms with Crippen LogP contribution in [0.2, 0.25) is 0 Å². The maximum absolute atomic E-state index is 13.4. The molecule has 0 saturated carbocycles. The molecule has 0 atom stereocenters.